The number of hydrogen-bond acceptors (Lipinski definition) is 3. The maximum atomic E-state index is 11.1. The van der Waals surface area contributed by atoms with Gasteiger partial charge in [0.25, 0.3) is 0 Å². The molecule has 94 valence electrons. The van der Waals surface area contributed by atoms with Crippen molar-refractivity contribution in [3.63, 3.8) is 0 Å². The van der Waals surface area contributed by atoms with Crippen LogP contribution >= 0.6 is 0 Å². The molecule has 0 aromatic heterocycles. The van der Waals surface area contributed by atoms with E-state index in [1.54, 1.807) is 0 Å². The van der Waals surface area contributed by atoms with Crippen molar-refractivity contribution >= 4 is 5.91 Å². The summed E-state index contributed by atoms with van der Waals surface area (Å²) in [6.07, 6.45) is 3.64. The van der Waals surface area contributed by atoms with Crippen molar-refractivity contribution in [2.75, 3.05) is 19.6 Å². The number of likely N-dealkylation sites (tertiary alicyclic amines) is 1. The second-order valence-corrected chi connectivity index (χ2v) is 4.91. The van der Waals surface area contributed by atoms with Crippen LogP contribution in [0.2, 0.25) is 0 Å². The van der Waals surface area contributed by atoms with Crippen LogP contribution in [0.15, 0.2) is 0 Å². The van der Waals surface area contributed by atoms with E-state index < -0.39 is 0 Å². The molecule has 16 heavy (non-hydrogen) atoms. The molecule has 0 saturated carbocycles. The highest BCUT2D eigenvalue weighted by molar-refractivity contribution is 5.76. The molecule has 0 aromatic carbocycles. The van der Waals surface area contributed by atoms with E-state index in [9.17, 15) is 4.79 Å². The Morgan fingerprint density at radius 1 is 1.56 bits per heavy atom. The highest BCUT2D eigenvalue weighted by Crippen LogP contribution is 2.26. The average molecular weight is 227 g/mol. The smallest absolute Gasteiger partial charge is 0.221 e. The quantitative estimate of drug-likeness (QED) is 0.720. The zero-order valence-electron chi connectivity index (χ0n) is 10.5. The lowest BCUT2D eigenvalue weighted by atomic mass is 9.86. The van der Waals surface area contributed by atoms with E-state index in [1.807, 2.05) is 6.92 Å². The Morgan fingerprint density at radius 2 is 2.25 bits per heavy atom. The second kappa shape index (κ2) is 6.21. The van der Waals surface area contributed by atoms with Crippen LogP contribution in [0, 0.1) is 11.8 Å². The zero-order chi connectivity index (χ0) is 12.1. The van der Waals surface area contributed by atoms with Gasteiger partial charge in [-0.2, -0.15) is 0 Å². The number of primary amides is 1. The van der Waals surface area contributed by atoms with Crippen LogP contribution in [0.1, 0.15) is 33.1 Å². The van der Waals surface area contributed by atoms with Crippen LogP contribution in [0.4, 0.5) is 0 Å². The Kier molecular flexibility index (Phi) is 5.22. The molecular weight excluding hydrogens is 202 g/mol. The van der Waals surface area contributed by atoms with E-state index in [1.165, 1.54) is 19.3 Å². The first-order chi connectivity index (χ1) is 7.60. The predicted molar refractivity (Wildman–Crippen MR) is 65.8 cm³/mol. The van der Waals surface area contributed by atoms with Crippen molar-refractivity contribution in [2.45, 2.75) is 39.2 Å². The molecular formula is C12H25N3O. The summed E-state index contributed by atoms with van der Waals surface area (Å²) in [6, 6.07) is 0.431. The number of rotatable bonds is 5. The van der Waals surface area contributed by atoms with Gasteiger partial charge in [-0.1, -0.05) is 20.3 Å². The summed E-state index contributed by atoms with van der Waals surface area (Å²) in [7, 11) is 0. The molecule has 0 bridgehead atoms. The lowest BCUT2D eigenvalue weighted by Crippen LogP contribution is -2.51. The lowest BCUT2D eigenvalue weighted by molar-refractivity contribution is -0.122. The molecule has 1 saturated heterocycles. The summed E-state index contributed by atoms with van der Waals surface area (Å²) in [4.78, 5) is 13.4. The molecule has 4 nitrogen and oxygen atoms in total. The summed E-state index contributed by atoms with van der Waals surface area (Å²) in [5.41, 5.74) is 11.2. The van der Waals surface area contributed by atoms with Crippen LogP contribution < -0.4 is 11.5 Å². The van der Waals surface area contributed by atoms with Crippen LogP contribution in [0.3, 0.4) is 0 Å². The molecule has 1 heterocycles. The third-order valence-corrected chi connectivity index (χ3v) is 3.79. The molecule has 3 atom stereocenters. The lowest BCUT2D eigenvalue weighted by Gasteiger charge is -2.41. The van der Waals surface area contributed by atoms with Gasteiger partial charge in [0.1, 0.15) is 0 Å². The Hall–Kier alpha value is -0.610. The molecule has 1 fully saturated rings. The first kappa shape index (κ1) is 13.5. The van der Waals surface area contributed by atoms with Gasteiger partial charge in [0.15, 0.2) is 0 Å². The van der Waals surface area contributed by atoms with Gasteiger partial charge in [-0.3, -0.25) is 9.69 Å². The number of nitrogens with two attached hydrogens (primary N) is 2. The SMILES string of the molecule is CCC1CCCN(CC(C)C(N)=O)C1CN. The first-order valence-electron chi connectivity index (χ1n) is 6.33. The van der Waals surface area contributed by atoms with Gasteiger partial charge in [0.05, 0.1) is 0 Å². The van der Waals surface area contributed by atoms with E-state index in [4.69, 9.17) is 11.5 Å². The third-order valence-electron chi connectivity index (χ3n) is 3.79. The number of hydrogen-bond donors (Lipinski definition) is 2. The molecule has 4 heteroatoms. The van der Waals surface area contributed by atoms with Crippen LogP contribution in [-0.4, -0.2) is 36.5 Å². The number of carbonyl (C=O) groups is 1. The fraction of sp³-hybridized carbons (Fsp3) is 0.917. The topological polar surface area (TPSA) is 72.3 Å². The van der Waals surface area contributed by atoms with Crippen LogP contribution in [-0.2, 0) is 4.79 Å². The molecule has 0 spiro atoms. The van der Waals surface area contributed by atoms with E-state index in [-0.39, 0.29) is 11.8 Å². The van der Waals surface area contributed by atoms with Crippen molar-refractivity contribution in [3.8, 4) is 0 Å². The number of amides is 1. The predicted octanol–water partition coefficient (Wildman–Crippen LogP) is 0.557. The maximum absolute atomic E-state index is 11.1. The van der Waals surface area contributed by atoms with Crippen LogP contribution in [0.25, 0.3) is 0 Å². The summed E-state index contributed by atoms with van der Waals surface area (Å²) in [5, 5.41) is 0. The largest absolute Gasteiger partial charge is 0.369 e. The molecule has 1 aliphatic heterocycles. The first-order valence-corrected chi connectivity index (χ1v) is 6.33. The van der Waals surface area contributed by atoms with Gasteiger partial charge >= 0.3 is 0 Å². The van der Waals surface area contributed by atoms with Gasteiger partial charge in [-0.15, -0.1) is 0 Å². The monoisotopic (exact) mass is 227 g/mol. The van der Waals surface area contributed by atoms with Crippen LogP contribution in [0.5, 0.6) is 0 Å². The molecule has 1 amide bonds. The minimum absolute atomic E-state index is 0.0790. The Morgan fingerprint density at radius 3 is 2.75 bits per heavy atom. The van der Waals surface area contributed by atoms with Crippen molar-refractivity contribution in [3.05, 3.63) is 0 Å². The highest BCUT2D eigenvalue weighted by atomic mass is 16.1. The fourth-order valence-electron chi connectivity index (χ4n) is 2.70. The standard InChI is InChI=1S/C12H25N3O/c1-3-10-5-4-6-15(11(10)7-13)8-9(2)12(14)16/h9-11H,3-8,13H2,1-2H3,(H2,14,16). The Balaban J connectivity index is 2.59. The van der Waals surface area contributed by atoms with Gasteiger partial charge in [0.2, 0.25) is 5.91 Å². The maximum Gasteiger partial charge on any atom is 0.221 e. The summed E-state index contributed by atoms with van der Waals surface area (Å²) >= 11 is 0. The molecule has 0 aromatic rings. The number of nitrogens with zero attached hydrogens (tertiary/aromatic N) is 1. The van der Waals surface area contributed by atoms with E-state index in [0.29, 0.717) is 18.5 Å². The number of piperidine rings is 1. The van der Waals surface area contributed by atoms with Gasteiger partial charge in [-0.05, 0) is 25.3 Å². The highest BCUT2D eigenvalue weighted by Gasteiger charge is 2.30. The summed E-state index contributed by atoms with van der Waals surface area (Å²) in [5.74, 6) is 0.387. The normalized spacial score (nSPS) is 28.9. The van der Waals surface area contributed by atoms with E-state index >= 15 is 0 Å². The fourth-order valence-corrected chi connectivity index (χ4v) is 2.70. The van der Waals surface area contributed by atoms with Gasteiger partial charge in [0, 0.05) is 25.0 Å². The third kappa shape index (κ3) is 3.19. The van der Waals surface area contributed by atoms with Crippen molar-refractivity contribution in [2.24, 2.45) is 23.3 Å². The van der Waals surface area contributed by atoms with Crippen molar-refractivity contribution < 1.29 is 4.79 Å². The van der Waals surface area contributed by atoms with E-state index in [0.717, 1.165) is 13.1 Å². The number of carbonyl (C=O) groups excluding carboxylic acids is 1. The summed E-state index contributed by atoms with van der Waals surface area (Å²) < 4.78 is 0. The molecule has 1 rings (SSSR count). The van der Waals surface area contributed by atoms with E-state index in [2.05, 4.69) is 11.8 Å². The minimum atomic E-state index is -0.214. The Bertz CT molecular complexity index is 232. The summed E-state index contributed by atoms with van der Waals surface area (Å²) in [6.45, 7) is 6.60. The Labute approximate surface area is 98.3 Å². The van der Waals surface area contributed by atoms with Crippen molar-refractivity contribution in [1.82, 2.24) is 4.90 Å². The molecule has 3 unspecified atom stereocenters. The minimum Gasteiger partial charge on any atom is -0.369 e. The zero-order valence-corrected chi connectivity index (χ0v) is 10.5. The molecule has 1 aliphatic rings. The molecule has 0 radical (unpaired) electrons. The molecule has 4 N–H and O–H groups in total. The van der Waals surface area contributed by atoms with Gasteiger partial charge in [-0.25, -0.2) is 0 Å². The molecule has 0 aliphatic carbocycles. The second-order valence-electron chi connectivity index (χ2n) is 4.91. The van der Waals surface area contributed by atoms with Gasteiger partial charge < -0.3 is 11.5 Å². The van der Waals surface area contributed by atoms with Crippen molar-refractivity contribution in [1.29, 1.82) is 0 Å². The average Bonchev–Trinajstić information content (AvgIpc) is 2.28.